The number of thioether (sulfide) groups is 1. The number of fused-ring (bicyclic) bond motifs is 1. The molecule has 0 saturated carbocycles. The summed E-state index contributed by atoms with van der Waals surface area (Å²) >= 11 is 1.82. The number of benzene rings is 1. The molecule has 1 aromatic heterocycles. The van der Waals surface area contributed by atoms with E-state index in [1.54, 1.807) is 0 Å². The molecule has 0 aliphatic carbocycles. The highest BCUT2D eigenvalue weighted by Crippen LogP contribution is 2.24. The molecule has 5 heteroatoms. The fourth-order valence-electron chi connectivity index (χ4n) is 2.28. The van der Waals surface area contributed by atoms with E-state index >= 15 is 0 Å². The van der Waals surface area contributed by atoms with Crippen LogP contribution in [0.2, 0.25) is 0 Å². The molecule has 0 radical (unpaired) electrons. The summed E-state index contributed by atoms with van der Waals surface area (Å²) in [5.74, 6) is 2.19. The van der Waals surface area contributed by atoms with Gasteiger partial charge in [-0.3, -0.25) is 0 Å². The Labute approximate surface area is 123 Å². The summed E-state index contributed by atoms with van der Waals surface area (Å²) in [7, 11) is 0. The van der Waals surface area contributed by atoms with Gasteiger partial charge in [-0.25, -0.2) is 0 Å². The lowest BCUT2D eigenvalue weighted by Gasteiger charge is -2.16. The Morgan fingerprint density at radius 1 is 1.35 bits per heavy atom. The Kier molecular flexibility index (Phi) is 4.08. The molecule has 4 nitrogen and oxygen atoms in total. The van der Waals surface area contributed by atoms with E-state index in [4.69, 9.17) is 4.52 Å². The van der Waals surface area contributed by atoms with Crippen LogP contribution >= 0.6 is 11.8 Å². The molecule has 106 valence electrons. The van der Waals surface area contributed by atoms with E-state index in [1.165, 1.54) is 11.1 Å². The second-order valence-electron chi connectivity index (χ2n) is 5.29. The van der Waals surface area contributed by atoms with Crippen LogP contribution in [0, 0.1) is 0 Å². The first kappa shape index (κ1) is 13.6. The number of hydrogen-bond donors (Lipinski definition) is 1. The van der Waals surface area contributed by atoms with E-state index in [-0.39, 0.29) is 0 Å². The van der Waals surface area contributed by atoms with Gasteiger partial charge in [0, 0.05) is 12.1 Å². The minimum atomic E-state index is 0.576. The van der Waals surface area contributed by atoms with Crippen LogP contribution in [0.25, 0.3) is 11.5 Å². The van der Waals surface area contributed by atoms with Crippen molar-refractivity contribution in [2.45, 2.75) is 37.8 Å². The van der Waals surface area contributed by atoms with Crippen molar-refractivity contribution in [3.8, 4) is 11.5 Å². The molecule has 0 amide bonds. The molecule has 0 unspecified atom stereocenters. The number of nitrogens with one attached hydrogen (secondary N) is 1. The smallest absolute Gasteiger partial charge is 0.257 e. The summed E-state index contributed by atoms with van der Waals surface area (Å²) in [6, 6.07) is 6.42. The Morgan fingerprint density at radius 3 is 3.10 bits per heavy atom. The Balaban J connectivity index is 1.79. The molecule has 1 aliphatic rings. The molecule has 0 spiro atoms. The topological polar surface area (TPSA) is 51.0 Å². The van der Waals surface area contributed by atoms with E-state index in [0.717, 1.165) is 36.7 Å². The SMILES string of the molecule is CC(C)SCc1noc(-c2ccc3c(c2)CNCC3)n1. The van der Waals surface area contributed by atoms with Crippen LogP contribution in [0.5, 0.6) is 0 Å². The molecule has 2 heterocycles. The normalized spacial score (nSPS) is 14.6. The van der Waals surface area contributed by atoms with Gasteiger partial charge in [-0.2, -0.15) is 16.7 Å². The van der Waals surface area contributed by atoms with Crippen LogP contribution in [-0.4, -0.2) is 21.9 Å². The van der Waals surface area contributed by atoms with Crippen LogP contribution in [0.4, 0.5) is 0 Å². The van der Waals surface area contributed by atoms with Gasteiger partial charge in [0.1, 0.15) is 0 Å². The third kappa shape index (κ3) is 3.04. The van der Waals surface area contributed by atoms with E-state index in [9.17, 15) is 0 Å². The highest BCUT2D eigenvalue weighted by atomic mass is 32.2. The minimum Gasteiger partial charge on any atom is -0.334 e. The van der Waals surface area contributed by atoms with E-state index in [2.05, 4.69) is 47.5 Å². The molecule has 0 atom stereocenters. The van der Waals surface area contributed by atoms with E-state index in [0.29, 0.717) is 11.1 Å². The van der Waals surface area contributed by atoms with Crippen molar-refractivity contribution in [1.29, 1.82) is 0 Å². The summed E-state index contributed by atoms with van der Waals surface area (Å²) in [5, 5.41) is 8.02. The standard InChI is InChI=1S/C15H19N3OS/c1-10(2)20-9-14-17-15(19-18-14)12-4-3-11-5-6-16-8-13(11)7-12/h3-4,7,10,16H,5-6,8-9H2,1-2H3. The number of aromatic nitrogens is 2. The van der Waals surface area contributed by atoms with Crippen molar-refractivity contribution in [2.75, 3.05) is 6.54 Å². The van der Waals surface area contributed by atoms with Crippen molar-refractivity contribution in [3.63, 3.8) is 0 Å². The summed E-state index contributed by atoms with van der Waals surface area (Å²) in [6.07, 6.45) is 1.09. The number of rotatable bonds is 4. The van der Waals surface area contributed by atoms with Gasteiger partial charge in [0.05, 0.1) is 5.75 Å². The molecule has 2 aromatic rings. The summed E-state index contributed by atoms with van der Waals surface area (Å²) in [4.78, 5) is 4.48. The quantitative estimate of drug-likeness (QED) is 0.937. The van der Waals surface area contributed by atoms with E-state index in [1.807, 2.05) is 11.8 Å². The molecule has 0 saturated heterocycles. The van der Waals surface area contributed by atoms with Gasteiger partial charge in [0.15, 0.2) is 5.82 Å². The van der Waals surface area contributed by atoms with Crippen molar-refractivity contribution in [3.05, 3.63) is 35.2 Å². The van der Waals surface area contributed by atoms with Crippen molar-refractivity contribution in [1.82, 2.24) is 15.5 Å². The maximum absolute atomic E-state index is 5.38. The molecule has 0 fully saturated rings. The third-order valence-corrected chi connectivity index (χ3v) is 4.45. The summed E-state index contributed by atoms with van der Waals surface area (Å²) < 4.78 is 5.38. The van der Waals surface area contributed by atoms with Crippen LogP contribution in [0.1, 0.15) is 30.8 Å². The molecule has 1 aliphatic heterocycles. The van der Waals surface area contributed by atoms with Crippen molar-refractivity contribution in [2.24, 2.45) is 0 Å². The van der Waals surface area contributed by atoms with E-state index < -0.39 is 0 Å². The lowest BCUT2D eigenvalue weighted by atomic mass is 9.98. The lowest BCUT2D eigenvalue weighted by molar-refractivity contribution is 0.425. The molecule has 0 bridgehead atoms. The zero-order valence-corrected chi connectivity index (χ0v) is 12.7. The van der Waals surface area contributed by atoms with Crippen LogP contribution in [0.3, 0.4) is 0 Å². The molecule has 20 heavy (non-hydrogen) atoms. The number of nitrogens with zero attached hydrogens (tertiary/aromatic N) is 2. The second kappa shape index (κ2) is 5.97. The highest BCUT2D eigenvalue weighted by Gasteiger charge is 2.13. The first-order valence-corrected chi connectivity index (χ1v) is 8.04. The zero-order valence-electron chi connectivity index (χ0n) is 11.8. The molecular weight excluding hydrogens is 270 g/mol. The predicted molar refractivity (Wildman–Crippen MR) is 81.6 cm³/mol. The third-order valence-electron chi connectivity index (χ3n) is 3.35. The van der Waals surface area contributed by atoms with Gasteiger partial charge in [-0.15, -0.1) is 0 Å². The van der Waals surface area contributed by atoms with Gasteiger partial charge in [0.2, 0.25) is 0 Å². The van der Waals surface area contributed by atoms with Gasteiger partial charge < -0.3 is 9.84 Å². The maximum Gasteiger partial charge on any atom is 0.257 e. The Bertz CT molecular complexity index is 595. The molecule has 1 N–H and O–H groups in total. The van der Waals surface area contributed by atoms with Gasteiger partial charge >= 0.3 is 0 Å². The molecule has 1 aromatic carbocycles. The highest BCUT2D eigenvalue weighted by molar-refractivity contribution is 7.99. The monoisotopic (exact) mass is 289 g/mol. The fraction of sp³-hybridized carbons (Fsp3) is 0.467. The summed E-state index contributed by atoms with van der Waals surface area (Å²) in [6.45, 7) is 6.32. The van der Waals surface area contributed by atoms with Gasteiger partial charge in [-0.05, 0) is 41.5 Å². The Morgan fingerprint density at radius 2 is 2.25 bits per heavy atom. The van der Waals surface area contributed by atoms with Gasteiger partial charge in [-0.1, -0.05) is 25.1 Å². The van der Waals surface area contributed by atoms with Crippen LogP contribution < -0.4 is 5.32 Å². The maximum atomic E-state index is 5.38. The first-order chi connectivity index (χ1) is 9.72. The fourth-order valence-corrected chi connectivity index (χ4v) is 2.88. The van der Waals surface area contributed by atoms with Crippen molar-refractivity contribution < 1.29 is 4.52 Å². The second-order valence-corrected chi connectivity index (χ2v) is 6.85. The van der Waals surface area contributed by atoms with Crippen molar-refractivity contribution >= 4 is 11.8 Å². The zero-order chi connectivity index (χ0) is 13.9. The lowest BCUT2D eigenvalue weighted by Crippen LogP contribution is -2.23. The Hall–Kier alpha value is -1.33. The first-order valence-electron chi connectivity index (χ1n) is 6.99. The minimum absolute atomic E-state index is 0.576. The van der Waals surface area contributed by atoms with Crippen LogP contribution in [0.15, 0.2) is 22.7 Å². The average Bonchev–Trinajstić information content (AvgIpc) is 2.93. The largest absolute Gasteiger partial charge is 0.334 e. The van der Waals surface area contributed by atoms with Crippen LogP contribution in [-0.2, 0) is 18.7 Å². The summed E-state index contributed by atoms with van der Waals surface area (Å²) in [5.41, 5.74) is 3.77. The molecular formula is C15H19N3OS. The molecule has 3 rings (SSSR count). The van der Waals surface area contributed by atoms with Gasteiger partial charge in [0.25, 0.3) is 5.89 Å². The average molecular weight is 289 g/mol. The predicted octanol–water partition coefficient (Wildman–Crippen LogP) is 3.02. The number of hydrogen-bond acceptors (Lipinski definition) is 5.